The van der Waals surface area contributed by atoms with Gasteiger partial charge in [0.15, 0.2) is 0 Å². The first kappa shape index (κ1) is 15.0. The summed E-state index contributed by atoms with van der Waals surface area (Å²) < 4.78 is 18.3. The van der Waals surface area contributed by atoms with Crippen molar-refractivity contribution < 1.29 is 18.7 Å². The standard InChI is InChI=1S/C16H19FN2O3/c17-11-3-1-10(2-4-11)16(21)18-7-5-15(20)19-13-9-14-12(13)6-8-22-14/h1-4,12-14H,5-9H2,(H,18,21)(H,19,20)/t12-,13+,14+/m1/s1. The summed E-state index contributed by atoms with van der Waals surface area (Å²) in [7, 11) is 0. The van der Waals surface area contributed by atoms with Crippen LogP contribution >= 0.6 is 0 Å². The molecule has 1 heterocycles. The first-order valence-corrected chi connectivity index (χ1v) is 7.58. The Morgan fingerprint density at radius 3 is 2.77 bits per heavy atom. The van der Waals surface area contributed by atoms with E-state index in [-0.39, 0.29) is 36.6 Å². The molecular weight excluding hydrogens is 287 g/mol. The number of amides is 2. The summed E-state index contributed by atoms with van der Waals surface area (Å²) in [6.45, 7) is 1.05. The molecule has 2 fully saturated rings. The van der Waals surface area contributed by atoms with Crippen LogP contribution in [0.1, 0.15) is 29.6 Å². The lowest BCUT2D eigenvalue weighted by Gasteiger charge is -2.39. The maximum Gasteiger partial charge on any atom is 0.251 e. The zero-order valence-corrected chi connectivity index (χ0v) is 12.2. The van der Waals surface area contributed by atoms with Gasteiger partial charge < -0.3 is 15.4 Å². The number of carbonyl (C=O) groups is 2. The molecule has 0 unspecified atom stereocenters. The first-order valence-electron chi connectivity index (χ1n) is 7.58. The molecule has 118 valence electrons. The zero-order valence-electron chi connectivity index (χ0n) is 12.2. The topological polar surface area (TPSA) is 67.4 Å². The van der Waals surface area contributed by atoms with Gasteiger partial charge >= 0.3 is 0 Å². The van der Waals surface area contributed by atoms with Gasteiger partial charge in [-0.3, -0.25) is 9.59 Å². The number of nitrogens with one attached hydrogen (secondary N) is 2. The Hall–Kier alpha value is -1.95. The Morgan fingerprint density at radius 2 is 2.05 bits per heavy atom. The fraction of sp³-hybridized carbons (Fsp3) is 0.500. The maximum atomic E-state index is 12.8. The van der Waals surface area contributed by atoms with E-state index in [0.717, 1.165) is 19.4 Å². The molecule has 2 aliphatic rings. The lowest BCUT2D eigenvalue weighted by Crippen LogP contribution is -2.53. The van der Waals surface area contributed by atoms with E-state index in [9.17, 15) is 14.0 Å². The van der Waals surface area contributed by atoms with E-state index in [4.69, 9.17) is 4.74 Å². The molecule has 0 aromatic heterocycles. The predicted octanol–water partition coefficient (Wildman–Crippen LogP) is 1.24. The maximum absolute atomic E-state index is 12.8. The van der Waals surface area contributed by atoms with Gasteiger partial charge in [0, 0.05) is 37.1 Å². The highest BCUT2D eigenvalue weighted by atomic mass is 19.1. The number of hydrogen-bond donors (Lipinski definition) is 2. The van der Waals surface area contributed by atoms with Crippen molar-refractivity contribution in [1.82, 2.24) is 10.6 Å². The molecule has 1 aromatic carbocycles. The van der Waals surface area contributed by atoms with Crippen molar-refractivity contribution in [1.29, 1.82) is 0 Å². The highest BCUT2D eigenvalue weighted by molar-refractivity contribution is 5.94. The van der Waals surface area contributed by atoms with E-state index in [0.29, 0.717) is 17.6 Å². The largest absolute Gasteiger partial charge is 0.378 e. The van der Waals surface area contributed by atoms with Gasteiger partial charge in [0.2, 0.25) is 5.91 Å². The summed E-state index contributed by atoms with van der Waals surface area (Å²) in [6.07, 6.45) is 2.46. The Bertz CT molecular complexity index is 561. The smallest absolute Gasteiger partial charge is 0.251 e. The zero-order chi connectivity index (χ0) is 15.5. The molecule has 2 amide bonds. The quantitative estimate of drug-likeness (QED) is 0.860. The van der Waals surface area contributed by atoms with Gasteiger partial charge in [0.05, 0.1) is 6.10 Å². The molecule has 1 aliphatic carbocycles. The second-order valence-electron chi connectivity index (χ2n) is 5.78. The SMILES string of the molecule is O=C(CCNC(=O)c1ccc(F)cc1)N[C@H]1C[C@@H]2OCC[C@H]12. The summed E-state index contributed by atoms with van der Waals surface area (Å²) in [5.41, 5.74) is 0.381. The van der Waals surface area contributed by atoms with Crippen LogP contribution in [-0.2, 0) is 9.53 Å². The average molecular weight is 306 g/mol. The average Bonchev–Trinajstić information content (AvgIpc) is 2.86. The summed E-state index contributed by atoms with van der Waals surface area (Å²) in [6, 6.07) is 5.52. The van der Waals surface area contributed by atoms with Gasteiger partial charge in [-0.2, -0.15) is 0 Å². The van der Waals surface area contributed by atoms with Gasteiger partial charge in [0.1, 0.15) is 5.82 Å². The highest BCUT2D eigenvalue weighted by Crippen LogP contribution is 2.38. The van der Waals surface area contributed by atoms with Crippen molar-refractivity contribution in [2.24, 2.45) is 5.92 Å². The summed E-state index contributed by atoms with van der Waals surface area (Å²) in [5.74, 6) is -0.293. The Balaban J connectivity index is 1.36. The van der Waals surface area contributed by atoms with E-state index in [1.165, 1.54) is 24.3 Å². The summed E-state index contributed by atoms with van der Waals surface area (Å²) in [4.78, 5) is 23.6. The van der Waals surface area contributed by atoms with Crippen molar-refractivity contribution in [2.45, 2.75) is 31.4 Å². The molecule has 22 heavy (non-hydrogen) atoms. The van der Waals surface area contributed by atoms with Gasteiger partial charge in [-0.1, -0.05) is 0 Å². The van der Waals surface area contributed by atoms with Crippen LogP contribution in [0.4, 0.5) is 4.39 Å². The van der Waals surface area contributed by atoms with Gasteiger partial charge in [-0.25, -0.2) is 4.39 Å². The Labute approximate surface area is 128 Å². The lowest BCUT2D eigenvalue weighted by molar-refractivity contribution is -0.123. The van der Waals surface area contributed by atoms with Crippen LogP contribution in [0.25, 0.3) is 0 Å². The van der Waals surface area contributed by atoms with Crippen molar-refractivity contribution in [3.05, 3.63) is 35.6 Å². The molecule has 0 radical (unpaired) electrons. The fourth-order valence-corrected chi connectivity index (χ4v) is 3.04. The normalized spacial score (nSPS) is 26.0. The number of rotatable bonds is 5. The second-order valence-corrected chi connectivity index (χ2v) is 5.78. The van der Waals surface area contributed by atoms with E-state index in [1.807, 2.05) is 0 Å². The third kappa shape index (κ3) is 3.27. The van der Waals surface area contributed by atoms with E-state index >= 15 is 0 Å². The molecule has 0 spiro atoms. The number of halogens is 1. The Kier molecular flexibility index (Phi) is 4.38. The van der Waals surface area contributed by atoms with E-state index < -0.39 is 0 Å². The van der Waals surface area contributed by atoms with Crippen LogP contribution in [0, 0.1) is 11.7 Å². The molecule has 6 heteroatoms. The molecule has 5 nitrogen and oxygen atoms in total. The molecule has 1 saturated carbocycles. The second kappa shape index (κ2) is 6.44. The molecule has 3 atom stereocenters. The van der Waals surface area contributed by atoms with Crippen LogP contribution in [-0.4, -0.2) is 37.1 Å². The number of hydrogen-bond acceptors (Lipinski definition) is 3. The predicted molar refractivity (Wildman–Crippen MR) is 77.7 cm³/mol. The number of ether oxygens (including phenoxy) is 1. The van der Waals surface area contributed by atoms with Crippen LogP contribution < -0.4 is 10.6 Å². The van der Waals surface area contributed by atoms with Crippen molar-refractivity contribution in [3.8, 4) is 0 Å². The summed E-state index contributed by atoms with van der Waals surface area (Å²) >= 11 is 0. The molecular formula is C16H19FN2O3. The van der Waals surface area contributed by atoms with E-state index in [1.54, 1.807) is 0 Å². The molecule has 3 rings (SSSR count). The monoisotopic (exact) mass is 306 g/mol. The Morgan fingerprint density at radius 1 is 1.27 bits per heavy atom. The molecule has 1 aliphatic heterocycles. The first-order chi connectivity index (χ1) is 10.6. The van der Waals surface area contributed by atoms with Crippen LogP contribution in [0.5, 0.6) is 0 Å². The van der Waals surface area contributed by atoms with Crippen LogP contribution in [0.15, 0.2) is 24.3 Å². The molecule has 0 bridgehead atoms. The third-order valence-electron chi connectivity index (χ3n) is 4.35. The fourth-order valence-electron chi connectivity index (χ4n) is 3.04. The lowest BCUT2D eigenvalue weighted by atomic mass is 9.76. The van der Waals surface area contributed by atoms with E-state index in [2.05, 4.69) is 10.6 Å². The van der Waals surface area contributed by atoms with Gasteiger partial charge in [0.25, 0.3) is 5.91 Å². The van der Waals surface area contributed by atoms with Gasteiger partial charge in [-0.05, 0) is 37.1 Å². The minimum absolute atomic E-state index is 0.0604. The molecule has 1 saturated heterocycles. The third-order valence-corrected chi connectivity index (χ3v) is 4.35. The van der Waals surface area contributed by atoms with Crippen molar-refractivity contribution in [2.75, 3.05) is 13.2 Å². The minimum atomic E-state index is -0.384. The minimum Gasteiger partial charge on any atom is -0.378 e. The highest BCUT2D eigenvalue weighted by Gasteiger charge is 2.45. The van der Waals surface area contributed by atoms with Crippen molar-refractivity contribution in [3.63, 3.8) is 0 Å². The van der Waals surface area contributed by atoms with Crippen LogP contribution in [0.3, 0.4) is 0 Å². The van der Waals surface area contributed by atoms with Crippen molar-refractivity contribution >= 4 is 11.8 Å². The number of carbonyl (C=O) groups excluding carboxylic acids is 2. The number of fused-ring (bicyclic) bond motifs is 1. The number of benzene rings is 1. The van der Waals surface area contributed by atoms with Gasteiger partial charge in [-0.15, -0.1) is 0 Å². The van der Waals surface area contributed by atoms with Crippen LogP contribution in [0.2, 0.25) is 0 Å². The summed E-state index contributed by atoms with van der Waals surface area (Å²) in [5, 5.41) is 5.65. The molecule has 1 aromatic rings. The molecule has 2 N–H and O–H groups in total.